The molecule has 5 heteroatoms. The third kappa shape index (κ3) is 2.41. The van der Waals surface area contributed by atoms with Crippen molar-refractivity contribution in [1.82, 2.24) is 14.3 Å². The molecule has 0 radical (unpaired) electrons. The van der Waals surface area contributed by atoms with Crippen molar-refractivity contribution in [3.8, 4) is 22.6 Å². The first-order valence-electron chi connectivity index (χ1n) is 6.98. The van der Waals surface area contributed by atoms with Gasteiger partial charge in [-0.3, -0.25) is 14.0 Å². The van der Waals surface area contributed by atoms with Crippen molar-refractivity contribution in [2.75, 3.05) is 0 Å². The number of aromatic nitrogens is 3. The zero-order valence-corrected chi connectivity index (χ0v) is 12.7. The van der Waals surface area contributed by atoms with Crippen LogP contribution < -0.4 is 5.56 Å². The van der Waals surface area contributed by atoms with Gasteiger partial charge in [0.05, 0.1) is 11.9 Å². The lowest BCUT2D eigenvalue weighted by Gasteiger charge is -2.12. The van der Waals surface area contributed by atoms with Gasteiger partial charge in [0.1, 0.15) is 5.75 Å². The first kappa shape index (κ1) is 14.1. The number of hydrogen-bond acceptors (Lipinski definition) is 3. The molecule has 0 unspecified atom stereocenters. The molecule has 0 spiro atoms. The van der Waals surface area contributed by atoms with Crippen molar-refractivity contribution in [2.45, 2.75) is 13.8 Å². The van der Waals surface area contributed by atoms with Crippen LogP contribution in [-0.2, 0) is 7.05 Å². The Balaban J connectivity index is 2.22. The van der Waals surface area contributed by atoms with Crippen molar-refractivity contribution < 1.29 is 5.11 Å². The number of phenolic OH excluding ortho intramolecular Hbond substituents is 1. The van der Waals surface area contributed by atoms with Gasteiger partial charge < -0.3 is 5.11 Å². The highest BCUT2D eigenvalue weighted by atomic mass is 16.3. The second-order valence-corrected chi connectivity index (χ2v) is 5.45. The third-order valence-electron chi connectivity index (χ3n) is 3.72. The van der Waals surface area contributed by atoms with Crippen molar-refractivity contribution in [1.29, 1.82) is 0 Å². The lowest BCUT2D eigenvalue weighted by atomic mass is 10.1. The molecule has 2 aromatic heterocycles. The van der Waals surface area contributed by atoms with E-state index in [0.29, 0.717) is 0 Å². The first-order valence-corrected chi connectivity index (χ1v) is 6.98. The molecule has 1 N–H and O–H groups in total. The number of nitrogens with zero attached hydrogens (tertiary/aromatic N) is 3. The monoisotopic (exact) mass is 295 g/mol. The number of rotatable bonds is 2. The van der Waals surface area contributed by atoms with Crippen molar-refractivity contribution >= 4 is 0 Å². The largest absolute Gasteiger partial charge is 0.508 e. The molecule has 22 heavy (non-hydrogen) atoms. The summed E-state index contributed by atoms with van der Waals surface area (Å²) in [6.07, 6.45) is 5.52. The summed E-state index contributed by atoms with van der Waals surface area (Å²) in [5.74, 6) is 0.189. The van der Waals surface area contributed by atoms with E-state index in [-0.39, 0.29) is 11.3 Å². The van der Waals surface area contributed by atoms with E-state index in [1.807, 2.05) is 33.3 Å². The lowest BCUT2D eigenvalue weighted by molar-refractivity contribution is 0.474. The summed E-state index contributed by atoms with van der Waals surface area (Å²) in [5.41, 5.74) is 4.32. The first-order chi connectivity index (χ1) is 10.5. The molecule has 0 amide bonds. The van der Waals surface area contributed by atoms with Gasteiger partial charge in [-0.1, -0.05) is 0 Å². The van der Waals surface area contributed by atoms with Crippen molar-refractivity contribution in [3.05, 3.63) is 64.3 Å². The molecule has 0 fully saturated rings. The van der Waals surface area contributed by atoms with Crippen LogP contribution in [-0.4, -0.2) is 19.5 Å². The summed E-state index contributed by atoms with van der Waals surface area (Å²) in [5, 5.41) is 13.7. The maximum Gasteiger partial charge on any atom is 0.255 e. The summed E-state index contributed by atoms with van der Waals surface area (Å²) in [6, 6.07) is 6.59. The second kappa shape index (κ2) is 5.18. The highest BCUT2D eigenvalue weighted by molar-refractivity contribution is 5.65. The van der Waals surface area contributed by atoms with Gasteiger partial charge in [-0.25, -0.2) is 0 Å². The van der Waals surface area contributed by atoms with Crippen LogP contribution in [0.2, 0.25) is 0 Å². The van der Waals surface area contributed by atoms with E-state index >= 15 is 0 Å². The minimum absolute atomic E-state index is 0.0982. The number of hydrogen-bond donors (Lipinski definition) is 1. The smallest absolute Gasteiger partial charge is 0.255 e. The number of benzene rings is 1. The number of aromatic hydroxyl groups is 1. The van der Waals surface area contributed by atoms with Gasteiger partial charge in [0, 0.05) is 36.6 Å². The Morgan fingerprint density at radius 2 is 1.86 bits per heavy atom. The van der Waals surface area contributed by atoms with Gasteiger partial charge in [-0.15, -0.1) is 0 Å². The zero-order chi connectivity index (χ0) is 15.9. The summed E-state index contributed by atoms with van der Waals surface area (Å²) in [7, 11) is 1.86. The summed E-state index contributed by atoms with van der Waals surface area (Å²) in [4.78, 5) is 12.3. The quantitative estimate of drug-likeness (QED) is 0.790. The van der Waals surface area contributed by atoms with Crippen LogP contribution in [0, 0.1) is 13.8 Å². The minimum Gasteiger partial charge on any atom is -0.508 e. The second-order valence-electron chi connectivity index (χ2n) is 5.45. The molecule has 112 valence electrons. The molecular formula is C17H17N3O2. The lowest BCUT2D eigenvalue weighted by Crippen LogP contribution is -2.18. The number of phenols is 1. The standard InChI is InChI=1S/C17H17N3O2/c1-11-7-17(22)20(16-5-4-14(21)6-12(16)2)10-15(11)13-8-18-19(3)9-13/h4-10,21H,1-3H3. The molecular weight excluding hydrogens is 278 g/mol. The Morgan fingerprint density at radius 1 is 1.09 bits per heavy atom. The predicted octanol–water partition coefficient (Wildman–Crippen LogP) is 2.56. The Morgan fingerprint density at radius 3 is 2.50 bits per heavy atom. The normalized spacial score (nSPS) is 10.9. The van der Waals surface area contributed by atoms with E-state index in [0.717, 1.165) is 27.9 Å². The maximum atomic E-state index is 12.3. The SMILES string of the molecule is Cc1cc(=O)n(-c2ccc(O)cc2C)cc1-c1cnn(C)c1. The molecule has 0 saturated carbocycles. The molecule has 3 rings (SSSR count). The fourth-order valence-electron chi connectivity index (χ4n) is 2.59. The topological polar surface area (TPSA) is 60.1 Å². The van der Waals surface area contributed by atoms with Gasteiger partial charge in [0.15, 0.2) is 0 Å². The molecule has 0 aliphatic carbocycles. The number of aryl methyl sites for hydroxylation is 3. The highest BCUT2D eigenvalue weighted by Gasteiger charge is 2.10. The zero-order valence-electron chi connectivity index (χ0n) is 12.7. The Labute approximate surface area is 128 Å². The highest BCUT2D eigenvalue weighted by Crippen LogP contribution is 2.24. The van der Waals surface area contributed by atoms with Crippen molar-refractivity contribution in [2.24, 2.45) is 7.05 Å². The minimum atomic E-state index is -0.0982. The van der Waals surface area contributed by atoms with E-state index in [2.05, 4.69) is 5.10 Å². The van der Waals surface area contributed by atoms with Crippen LogP contribution in [0.25, 0.3) is 16.8 Å². The maximum absolute atomic E-state index is 12.3. The van der Waals surface area contributed by atoms with Crippen LogP contribution >= 0.6 is 0 Å². The van der Waals surface area contributed by atoms with Gasteiger partial charge in [0.2, 0.25) is 0 Å². The molecule has 0 saturated heterocycles. The van der Waals surface area contributed by atoms with Crippen LogP contribution in [0.5, 0.6) is 5.75 Å². The third-order valence-corrected chi connectivity index (χ3v) is 3.72. The molecule has 5 nitrogen and oxygen atoms in total. The Hall–Kier alpha value is -2.82. The van der Waals surface area contributed by atoms with Gasteiger partial charge >= 0.3 is 0 Å². The van der Waals surface area contributed by atoms with Crippen LogP contribution in [0.1, 0.15) is 11.1 Å². The van der Waals surface area contributed by atoms with Crippen LogP contribution in [0.15, 0.2) is 47.7 Å². The van der Waals surface area contributed by atoms with E-state index in [4.69, 9.17) is 0 Å². The molecule has 2 heterocycles. The summed E-state index contributed by atoms with van der Waals surface area (Å²) in [6.45, 7) is 3.78. The Kier molecular flexibility index (Phi) is 3.33. The molecule has 0 bridgehead atoms. The van der Waals surface area contributed by atoms with E-state index in [9.17, 15) is 9.90 Å². The summed E-state index contributed by atoms with van der Waals surface area (Å²) >= 11 is 0. The molecule has 0 aliphatic rings. The predicted molar refractivity (Wildman–Crippen MR) is 85.4 cm³/mol. The fourth-order valence-corrected chi connectivity index (χ4v) is 2.59. The van der Waals surface area contributed by atoms with Crippen molar-refractivity contribution in [3.63, 3.8) is 0 Å². The summed E-state index contributed by atoms with van der Waals surface area (Å²) < 4.78 is 3.33. The average molecular weight is 295 g/mol. The Bertz CT molecular complexity index is 907. The number of pyridine rings is 1. The molecule has 1 aromatic carbocycles. The van der Waals surface area contributed by atoms with E-state index < -0.39 is 0 Å². The fraction of sp³-hybridized carbons (Fsp3) is 0.176. The van der Waals surface area contributed by atoms with E-state index in [1.165, 1.54) is 0 Å². The van der Waals surface area contributed by atoms with Gasteiger partial charge in [-0.2, -0.15) is 5.10 Å². The van der Waals surface area contributed by atoms with Crippen LogP contribution in [0.3, 0.4) is 0 Å². The van der Waals surface area contributed by atoms with E-state index in [1.54, 1.807) is 39.7 Å². The molecule has 3 aromatic rings. The average Bonchev–Trinajstić information content (AvgIpc) is 2.86. The van der Waals surface area contributed by atoms with Gasteiger partial charge in [0.25, 0.3) is 5.56 Å². The van der Waals surface area contributed by atoms with Gasteiger partial charge in [-0.05, 0) is 43.2 Å². The van der Waals surface area contributed by atoms with Crippen LogP contribution in [0.4, 0.5) is 0 Å². The molecule has 0 atom stereocenters. The molecule has 0 aliphatic heterocycles.